The Morgan fingerprint density at radius 1 is 1.36 bits per heavy atom. The van der Waals surface area contributed by atoms with Crippen LogP contribution in [0.25, 0.3) is 0 Å². The molecule has 2 amide bonds. The molecule has 0 aliphatic rings. The number of hydrogen-bond donors (Lipinski definition) is 1. The van der Waals surface area contributed by atoms with Crippen LogP contribution in [0.1, 0.15) is 0 Å². The normalized spacial score (nSPS) is 9.18. The van der Waals surface area contributed by atoms with E-state index in [1.807, 2.05) is 53.2 Å². The fourth-order valence-corrected chi connectivity index (χ4v) is 1.01. The van der Waals surface area contributed by atoms with Gasteiger partial charge >= 0.3 is 6.03 Å². The first-order chi connectivity index (χ1) is 5.22. The van der Waals surface area contributed by atoms with Gasteiger partial charge in [0.25, 0.3) is 0 Å². The Kier molecular flexibility index (Phi) is 2.70. The van der Waals surface area contributed by atoms with E-state index in [2.05, 4.69) is 0 Å². The molecule has 0 aliphatic carbocycles. The van der Waals surface area contributed by atoms with E-state index in [0.717, 1.165) is 5.69 Å². The van der Waals surface area contributed by atoms with Crippen LogP contribution in [0.15, 0.2) is 30.3 Å². The molecule has 0 fully saturated rings. The number of anilines is 1. The molecule has 1 aromatic rings. The number of rotatable bonds is 1. The van der Waals surface area contributed by atoms with Gasteiger partial charge in [-0.05, 0) is 12.1 Å². The first-order valence-corrected chi connectivity index (χ1v) is 3.98. The average Bonchev–Trinajstić information content (AvgIpc) is 2.05. The topological polar surface area (TPSA) is 46.3 Å². The first kappa shape index (κ1) is 8.32. The molecule has 0 spiro atoms. The zero-order valence-electron chi connectivity index (χ0n) is 5.70. The lowest BCUT2D eigenvalue weighted by atomic mass is 10.3. The summed E-state index contributed by atoms with van der Waals surface area (Å²) in [6.07, 6.45) is 0. The van der Waals surface area contributed by atoms with Crippen LogP contribution in [0.3, 0.4) is 0 Å². The summed E-state index contributed by atoms with van der Waals surface area (Å²) in [6, 6.07) is 8.76. The minimum absolute atomic E-state index is 0.461. The predicted octanol–water partition coefficient (Wildman–Crippen LogP) is 1.92. The van der Waals surface area contributed by atoms with Crippen LogP contribution in [-0.4, -0.2) is 6.03 Å². The van der Waals surface area contributed by atoms with Crippen molar-refractivity contribution in [1.29, 1.82) is 0 Å². The fourth-order valence-electron chi connectivity index (χ4n) is 0.686. The Bertz CT molecular complexity index is 250. The van der Waals surface area contributed by atoms with Crippen molar-refractivity contribution in [2.24, 2.45) is 5.73 Å². The molecule has 0 saturated carbocycles. The van der Waals surface area contributed by atoms with E-state index in [9.17, 15) is 4.79 Å². The first-order valence-electron chi connectivity index (χ1n) is 3.02. The number of para-hydroxylation sites is 1. The minimum Gasteiger partial charge on any atom is -0.351 e. The van der Waals surface area contributed by atoms with Crippen molar-refractivity contribution in [3.8, 4) is 0 Å². The molecule has 11 heavy (non-hydrogen) atoms. The smallest absolute Gasteiger partial charge is 0.328 e. The fraction of sp³-hybridized carbons (Fsp3) is 0. The van der Waals surface area contributed by atoms with Gasteiger partial charge in [-0.2, -0.15) is 0 Å². The van der Waals surface area contributed by atoms with Crippen LogP contribution >= 0.6 is 22.9 Å². The zero-order valence-corrected chi connectivity index (χ0v) is 7.86. The molecule has 0 aromatic heterocycles. The molecule has 0 bridgehead atoms. The van der Waals surface area contributed by atoms with Crippen molar-refractivity contribution in [2.75, 3.05) is 3.11 Å². The summed E-state index contributed by atoms with van der Waals surface area (Å²) in [6.45, 7) is 0. The molecular weight excluding hydrogens is 255 g/mol. The summed E-state index contributed by atoms with van der Waals surface area (Å²) in [5, 5.41) is 0. The maximum absolute atomic E-state index is 10.6. The van der Waals surface area contributed by atoms with Crippen LogP contribution in [0.2, 0.25) is 0 Å². The van der Waals surface area contributed by atoms with Crippen molar-refractivity contribution in [1.82, 2.24) is 0 Å². The van der Waals surface area contributed by atoms with Crippen molar-refractivity contribution in [3.63, 3.8) is 0 Å². The second kappa shape index (κ2) is 3.56. The van der Waals surface area contributed by atoms with E-state index >= 15 is 0 Å². The van der Waals surface area contributed by atoms with Gasteiger partial charge in [0.2, 0.25) is 0 Å². The van der Waals surface area contributed by atoms with Gasteiger partial charge in [-0.1, -0.05) is 18.2 Å². The van der Waals surface area contributed by atoms with E-state index in [0.29, 0.717) is 0 Å². The summed E-state index contributed by atoms with van der Waals surface area (Å²) in [5.41, 5.74) is 5.84. The van der Waals surface area contributed by atoms with E-state index in [-0.39, 0.29) is 0 Å². The molecule has 0 unspecified atom stereocenters. The van der Waals surface area contributed by atoms with Crippen LogP contribution < -0.4 is 8.85 Å². The van der Waals surface area contributed by atoms with E-state index in [4.69, 9.17) is 5.73 Å². The average molecular weight is 262 g/mol. The van der Waals surface area contributed by atoms with Gasteiger partial charge in [0.1, 0.15) is 0 Å². The van der Waals surface area contributed by atoms with Gasteiger partial charge < -0.3 is 5.73 Å². The summed E-state index contributed by atoms with van der Waals surface area (Å²) < 4.78 is 1.36. The molecule has 1 rings (SSSR count). The largest absolute Gasteiger partial charge is 0.351 e. The van der Waals surface area contributed by atoms with Crippen LogP contribution in [0, 0.1) is 0 Å². The van der Waals surface area contributed by atoms with Gasteiger partial charge in [0.15, 0.2) is 0 Å². The highest BCUT2D eigenvalue weighted by molar-refractivity contribution is 14.1. The number of halogens is 1. The Hall–Kier alpha value is -0.780. The van der Waals surface area contributed by atoms with Crippen LogP contribution in [-0.2, 0) is 0 Å². The maximum atomic E-state index is 10.6. The molecular formula is C7H7IN2O. The van der Waals surface area contributed by atoms with Crippen LogP contribution in [0.4, 0.5) is 10.5 Å². The molecule has 0 heterocycles. The Labute approximate surface area is 78.7 Å². The van der Waals surface area contributed by atoms with E-state index in [1.165, 1.54) is 3.11 Å². The highest BCUT2D eigenvalue weighted by Crippen LogP contribution is 2.16. The Morgan fingerprint density at radius 2 is 1.91 bits per heavy atom. The molecule has 0 saturated heterocycles. The number of carbonyl (C=O) groups excluding carboxylic acids is 1. The van der Waals surface area contributed by atoms with E-state index < -0.39 is 6.03 Å². The number of hydrogen-bond acceptors (Lipinski definition) is 1. The SMILES string of the molecule is NC(=O)N(I)c1ccccc1. The number of nitrogens with two attached hydrogens (primary N) is 1. The lowest BCUT2D eigenvalue weighted by Gasteiger charge is -2.09. The quantitative estimate of drug-likeness (QED) is 0.610. The van der Waals surface area contributed by atoms with Gasteiger partial charge in [-0.3, -0.25) is 0 Å². The number of urea groups is 1. The van der Waals surface area contributed by atoms with Gasteiger partial charge in [-0.25, -0.2) is 7.91 Å². The summed E-state index contributed by atoms with van der Waals surface area (Å²) in [7, 11) is 0. The van der Waals surface area contributed by atoms with Gasteiger partial charge in [-0.15, -0.1) is 0 Å². The number of primary amides is 1. The lowest BCUT2D eigenvalue weighted by Crippen LogP contribution is -2.26. The molecule has 1 aromatic carbocycles. The Balaban J connectivity index is 2.85. The summed E-state index contributed by atoms with van der Waals surface area (Å²) in [4.78, 5) is 10.6. The molecule has 58 valence electrons. The Morgan fingerprint density at radius 3 is 2.36 bits per heavy atom. The van der Waals surface area contributed by atoms with Crippen molar-refractivity contribution in [2.45, 2.75) is 0 Å². The van der Waals surface area contributed by atoms with Crippen molar-refractivity contribution in [3.05, 3.63) is 30.3 Å². The monoisotopic (exact) mass is 262 g/mol. The second-order valence-corrected chi connectivity index (χ2v) is 2.92. The molecule has 0 radical (unpaired) electrons. The van der Waals surface area contributed by atoms with Gasteiger partial charge in [0, 0.05) is 0 Å². The molecule has 4 heteroatoms. The number of benzene rings is 1. The van der Waals surface area contributed by atoms with Gasteiger partial charge in [0.05, 0.1) is 28.6 Å². The molecule has 2 N–H and O–H groups in total. The molecule has 3 nitrogen and oxygen atoms in total. The third-order valence-electron chi connectivity index (χ3n) is 1.18. The molecule has 0 aliphatic heterocycles. The second-order valence-electron chi connectivity index (χ2n) is 1.95. The third kappa shape index (κ3) is 2.07. The standard InChI is InChI=1S/C7H7IN2O/c8-10(7(9)11)6-4-2-1-3-5-6/h1-5H,(H2,9,11). The number of nitrogens with zero attached hydrogens (tertiary/aromatic N) is 1. The number of amides is 2. The maximum Gasteiger partial charge on any atom is 0.328 e. The van der Waals surface area contributed by atoms with Crippen molar-refractivity contribution < 1.29 is 4.79 Å². The minimum atomic E-state index is -0.461. The van der Waals surface area contributed by atoms with Crippen molar-refractivity contribution >= 4 is 34.6 Å². The summed E-state index contributed by atoms with van der Waals surface area (Å²) >= 11 is 1.86. The van der Waals surface area contributed by atoms with Crippen LogP contribution in [0.5, 0.6) is 0 Å². The lowest BCUT2D eigenvalue weighted by molar-refractivity contribution is 0.258. The molecule has 0 atom stereocenters. The summed E-state index contributed by atoms with van der Waals surface area (Å²) in [5.74, 6) is 0. The zero-order chi connectivity index (χ0) is 8.27. The predicted molar refractivity (Wildman–Crippen MR) is 52.5 cm³/mol. The van der Waals surface area contributed by atoms with E-state index in [1.54, 1.807) is 0 Å². The number of carbonyl (C=O) groups is 1. The third-order valence-corrected chi connectivity index (χ3v) is 2.21. The highest BCUT2D eigenvalue weighted by Gasteiger charge is 2.05. The highest BCUT2D eigenvalue weighted by atomic mass is 127.